The summed E-state index contributed by atoms with van der Waals surface area (Å²) >= 11 is 1.16. The molecule has 0 unspecified atom stereocenters. The van der Waals surface area contributed by atoms with Crippen LogP contribution in [-0.4, -0.2) is 56.6 Å². The Balaban J connectivity index is 1.74. The summed E-state index contributed by atoms with van der Waals surface area (Å²) < 4.78 is 52.8. The van der Waals surface area contributed by atoms with Crippen molar-refractivity contribution in [2.24, 2.45) is 0 Å². The monoisotopic (exact) mass is 373 g/mol. The number of piperazine rings is 1. The molecule has 1 fully saturated rings. The number of pyridine rings is 1. The molecule has 0 saturated carbocycles. The maximum Gasteiger partial charge on any atom is 0.252 e. The maximum atomic E-state index is 12.5. The second-order valence-electron chi connectivity index (χ2n) is 4.93. The van der Waals surface area contributed by atoms with Gasteiger partial charge in [0.1, 0.15) is 9.10 Å². The minimum atomic E-state index is -3.63. The first kappa shape index (κ1) is 16.5. The Labute approximate surface area is 139 Å². The predicted molar refractivity (Wildman–Crippen MR) is 86.1 cm³/mol. The first-order chi connectivity index (χ1) is 10.9. The number of rotatable bonds is 4. The molecule has 2 aromatic heterocycles. The molecule has 0 bridgehead atoms. The van der Waals surface area contributed by atoms with Crippen LogP contribution in [0.3, 0.4) is 0 Å². The van der Waals surface area contributed by atoms with Gasteiger partial charge in [-0.3, -0.25) is 4.98 Å². The average Bonchev–Trinajstić information content (AvgIpc) is 3.11. The average molecular weight is 373 g/mol. The molecular weight excluding hydrogens is 358 g/mol. The summed E-state index contributed by atoms with van der Waals surface area (Å²) in [7, 11) is -7.17. The van der Waals surface area contributed by atoms with Crippen LogP contribution < -0.4 is 0 Å². The molecule has 1 saturated heterocycles. The van der Waals surface area contributed by atoms with Crippen molar-refractivity contribution in [1.29, 1.82) is 0 Å². The Morgan fingerprint density at radius 3 is 2.09 bits per heavy atom. The van der Waals surface area contributed by atoms with E-state index in [0.29, 0.717) is 0 Å². The number of sulfonamides is 2. The van der Waals surface area contributed by atoms with Crippen LogP contribution in [0.5, 0.6) is 0 Å². The molecule has 124 valence electrons. The van der Waals surface area contributed by atoms with Crippen LogP contribution in [0.1, 0.15) is 0 Å². The maximum absolute atomic E-state index is 12.5. The summed E-state index contributed by atoms with van der Waals surface area (Å²) in [6, 6.07) is 6.28. The molecule has 0 aliphatic carbocycles. The number of aromatic nitrogens is 1. The van der Waals surface area contributed by atoms with Crippen molar-refractivity contribution in [3.63, 3.8) is 0 Å². The third kappa shape index (κ3) is 3.17. The third-order valence-corrected chi connectivity index (χ3v) is 8.71. The van der Waals surface area contributed by atoms with E-state index in [0.717, 1.165) is 11.3 Å². The summed E-state index contributed by atoms with van der Waals surface area (Å²) in [5.74, 6) is 0. The van der Waals surface area contributed by atoms with E-state index in [9.17, 15) is 16.8 Å². The molecule has 7 nitrogen and oxygen atoms in total. The standard InChI is InChI=1S/C13H15N3O4S3/c17-22(18,12-3-1-5-14-11-12)15-6-8-16(9-7-15)23(19,20)13-4-2-10-21-13/h1-5,10-11H,6-9H2. The summed E-state index contributed by atoms with van der Waals surface area (Å²) in [6.45, 7) is 0.531. The highest BCUT2D eigenvalue weighted by molar-refractivity contribution is 7.91. The zero-order valence-corrected chi connectivity index (χ0v) is 14.5. The van der Waals surface area contributed by atoms with Gasteiger partial charge in [-0.05, 0) is 23.6 Å². The van der Waals surface area contributed by atoms with Crippen molar-refractivity contribution in [2.45, 2.75) is 9.10 Å². The molecular formula is C13H15N3O4S3. The summed E-state index contributed by atoms with van der Waals surface area (Å²) in [6.07, 6.45) is 2.80. The number of nitrogens with zero attached hydrogens (tertiary/aromatic N) is 3. The number of hydrogen-bond acceptors (Lipinski definition) is 6. The minimum absolute atomic E-state index is 0.120. The molecule has 0 spiro atoms. The van der Waals surface area contributed by atoms with Gasteiger partial charge in [0.2, 0.25) is 10.0 Å². The summed E-state index contributed by atoms with van der Waals surface area (Å²) in [5, 5.41) is 1.70. The van der Waals surface area contributed by atoms with Gasteiger partial charge in [-0.2, -0.15) is 8.61 Å². The van der Waals surface area contributed by atoms with Crippen LogP contribution >= 0.6 is 11.3 Å². The molecule has 0 amide bonds. The Kier molecular flexibility index (Phi) is 4.52. The summed E-state index contributed by atoms with van der Waals surface area (Å²) in [4.78, 5) is 3.94. The first-order valence-electron chi connectivity index (χ1n) is 6.86. The minimum Gasteiger partial charge on any atom is -0.263 e. The second-order valence-corrected chi connectivity index (χ2v) is 9.98. The van der Waals surface area contributed by atoms with Crippen molar-refractivity contribution in [3.05, 3.63) is 42.0 Å². The quantitative estimate of drug-likeness (QED) is 0.792. The Morgan fingerprint density at radius 2 is 1.57 bits per heavy atom. The molecule has 1 aliphatic rings. The molecule has 1 aliphatic heterocycles. The Bertz CT molecular complexity index is 856. The molecule has 23 heavy (non-hydrogen) atoms. The highest BCUT2D eigenvalue weighted by Crippen LogP contribution is 2.23. The van der Waals surface area contributed by atoms with Crippen molar-refractivity contribution < 1.29 is 16.8 Å². The molecule has 0 radical (unpaired) electrons. The van der Waals surface area contributed by atoms with Crippen molar-refractivity contribution in [1.82, 2.24) is 13.6 Å². The lowest BCUT2D eigenvalue weighted by Gasteiger charge is -2.32. The first-order valence-corrected chi connectivity index (χ1v) is 10.6. The lowest BCUT2D eigenvalue weighted by Crippen LogP contribution is -2.50. The Morgan fingerprint density at radius 1 is 0.913 bits per heavy atom. The Hall–Kier alpha value is -1.33. The SMILES string of the molecule is O=S(=O)(c1cccnc1)N1CCN(S(=O)(=O)c2cccs2)CC1. The molecule has 0 N–H and O–H groups in total. The zero-order valence-electron chi connectivity index (χ0n) is 12.1. The van der Waals surface area contributed by atoms with Gasteiger partial charge in [-0.1, -0.05) is 6.07 Å². The van der Waals surface area contributed by atoms with E-state index in [1.807, 2.05) is 0 Å². The second kappa shape index (κ2) is 6.29. The van der Waals surface area contributed by atoms with Gasteiger partial charge in [0.25, 0.3) is 10.0 Å². The fraction of sp³-hybridized carbons (Fsp3) is 0.308. The fourth-order valence-electron chi connectivity index (χ4n) is 2.34. The van der Waals surface area contributed by atoms with Gasteiger partial charge in [-0.15, -0.1) is 11.3 Å². The van der Waals surface area contributed by atoms with Gasteiger partial charge in [0, 0.05) is 38.6 Å². The van der Waals surface area contributed by atoms with Crippen LogP contribution in [0.4, 0.5) is 0 Å². The fourth-order valence-corrected chi connectivity index (χ4v) is 6.29. The number of thiophene rings is 1. The van der Waals surface area contributed by atoms with E-state index in [1.54, 1.807) is 23.6 Å². The van der Waals surface area contributed by atoms with Crippen molar-refractivity contribution in [3.8, 4) is 0 Å². The molecule has 0 aromatic carbocycles. The van der Waals surface area contributed by atoms with Crippen LogP contribution in [0.15, 0.2) is 51.1 Å². The van der Waals surface area contributed by atoms with Gasteiger partial charge in [-0.25, -0.2) is 16.8 Å². The summed E-state index contributed by atoms with van der Waals surface area (Å²) in [5.41, 5.74) is 0. The topological polar surface area (TPSA) is 87.7 Å². The molecule has 0 atom stereocenters. The highest BCUT2D eigenvalue weighted by Gasteiger charge is 2.34. The lowest BCUT2D eigenvalue weighted by atomic mass is 10.4. The molecule has 3 rings (SSSR count). The van der Waals surface area contributed by atoms with Gasteiger partial charge >= 0.3 is 0 Å². The van der Waals surface area contributed by atoms with Crippen molar-refractivity contribution in [2.75, 3.05) is 26.2 Å². The van der Waals surface area contributed by atoms with E-state index >= 15 is 0 Å². The van der Waals surface area contributed by atoms with Crippen LogP contribution in [0.25, 0.3) is 0 Å². The predicted octanol–water partition coefficient (Wildman–Crippen LogP) is 0.838. The number of hydrogen-bond donors (Lipinski definition) is 0. The van der Waals surface area contributed by atoms with Crippen LogP contribution in [0.2, 0.25) is 0 Å². The molecule has 2 aromatic rings. The van der Waals surface area contributed by atoms with Gasteiger partial charge in [0.05, 0.1) is 0 Å². The van der Waals surface area contributed by atoms with Crippen LogP contribution in [0, 0.1) is 0 Å². The lowest BCUT2D eigenvalue weighted by molar-refractivity contribution is 0.273. The van der Waals surface area contributed by atoms with E-state index < -0.39 is 20.0 Å². The van der Waals surface area contributed by atoms with Gasteiger partial charge in [0.15, 0.2) is 0 Å². The van der Waals surface area contributed by atoms with E-state index in [1.165, 1.54) is 27.1 Å². The normalized spacial score (nSPS) is 18.1. The van der Waals surface area contributed by atoms with E-state index in [-0.39, 0.29) is 35.3 Å². The largest absolute Gasteiger partial charge is 0.263 e. The molecule has 10 heteroatoms. The third-order valence-electron chi connectivity index (χ3n) is 3.56. The van der Waals surface area contributed by atoms with E-state index in [2.05, 4.69) is 4.98 Å². The smallest absolute Gasteiger partial charge is 0.252 e. The zero-order chi connectivity index (χ0) is 16.5. The van der Waals surface area contributed by atoms with Crippen LogP contribution in [-0.2, 0) is 20.0 Å². The van der Waals surface area contributed by atoms with Gasteiger partial charge < -0.3 is 0 Å². The van der Waals surface area contributed by atoms with Crippen molar-refractivity contribution >= 4 is 31.4 Å². The highest BCUT2D eigenvalue weighted by atomic mass is 32.2. The van der Waals surface area contributed by atoms with E-state index in [4.69, 9.17) is 0 Å². The molecule has 3 heterocycles.